The predicted octanol–water partition coefficient (Wildman–Crippen LogP) is 6.51. The van der Waals surface area contributed by atoms with Crippen molar-refractivity contribution in [3.8, 4) is 11.5 Å². The average Bonchev–Trinajstić information content (AvgIpc) is 3.53. The predicted molar refractivity (Wildman–Crippen MR) is 147 cm³/mol. The zero-order valence-corrected chi connectivity index (χ0v) is 21.5. The molecular weight excluding hydrogens is 485 g/mol. The highest BCUT2D eigenvalue weighted by atomic mass is 32.1. The number of phenols is 1. The number of aromatic hydroxyl groups is 1. The fourth-order valence-electron chi connectivity index (χ4n) is 5.63. The Kier molecular flexibility index (Phi) is 6.89. The Morgan fingerprint density at radius 3 is 2.68 bits per heavy atom. The van der Waals surface area contributed by atoms with E-state index in [-0.39, 0.29) is 12.8 Å². The van der Waals surface area contributed by atoms with Gasteiger partial charge in [-0.2, -0.15) is 8.75 Å². The number of likely N-dealkylation sites (tertiary alicyclic amines) is 1. The van der Waals surface area contributed by atoms with Crippen LogP contribution in [0.25, 0.3) is 22.2 Å². The van der Waals surface area contributed by atoms with Gasteiger partial charge in [0, 0.05) is 19.6 Å². The van der Waals surface area contributed by atoms with Gasteiger partial charge in [-0.3, -0.25) is 9.29 Å². The van der Waals surface area contributed by atoms with Crippen LogP contribution in [0.15, 0.2) is 60.7 Å². The molecule has 0 unspecified atom stereocenters. The summed E-state index contributed by atoms with van der Waals surface area (Å²) in [6.45, 7) is 2.34. The number of hydrogen-bond donors (Lipinski definition) is 1. The Balaban J connectivity index is 1.35. The number of phenolic OH excluding ortho intramolecular Hbond substituents is 1. The molecule has 1 aliphatic heterocycles. The lowest BCUT2D eigenvalue weighted by atomic mass is 9.87. The second kappa shape index (κ2) is 10.6. The van der Waals surface area contributed by atoms with Gasteiger partial charge in [0.05, 0.1) is 18.4 Å². The van der Waals surface area contributed by atoms with Gasteiger partial charge in [-0.1, -0.05) is 24.3 Å². The van der Waals surface area contributed by atoms with E-state index in [0.29, 0.717) is 12.2 Å². The zero-order chi connectivity index (χ0) is 25.2. The normalized spacial score (nSPS) is 18.2. The first-order valence-corrected chi connectivity index (χ1v) is 13.7. The fourth-order valence-corrected chi connectivity index (χ4v) is 6.15. The van der Waals surface area contributed by atoms with Gasteiger partial charge in [0.1, 0.15) is 28.6 Å². The van der Waals surface area contributed by atoms with Crippen LogP contribution >= 0.6 is 11.7 Å². The first-order chi connectivity index (χ1) is 18.2. The topological polar surface area (TPSA) is 58.5 Å². The number of halogens is 1. The van der Waals surface area contributed by atoms with E-state index in [1.165, 1.54) is 28.4 Å². The molecule has 1 N–H and O–H groups in total. The third-order valence-electron chi connectivity index (χ3n) is 7.42. The van der Waals surface area contributed by atoms with Crippen LogP contribution < -0.4 is 4.74 Å². The summed E-state index contributed by atoms with van der Waals surface area (Å²) in [7, 11) is 0. The molecule has 0 bridgehead atoms. The van der Waals surface area contributed by atoms with E-state index in [0.717, 1.165) is 78.8 Å². The number of benzene rings is 3. The first kappa shape index (κ1) is 24.1. The number of aryl methyl sites for hydroxylation is 1. The standard InChI is InChI=1S/C30H30FN3O2S/c31-14-2-15-34-16-13-25(19-34)36-24-9-5-20(6-10-24)30-26(22-7-12-28-29(18-22)33-37-32-28)4-1-3-21-17-23(35)8-11-27(21)30/h5-12,17-18,25,35H,1-4,13-16,19H2/t25-/m0/s1. The summed E-state index contributed by atoms with van der Waals surface area (Å²) in [4.78, 5) is 2.28. The molecule has 3 aromatic carbocycles. The van der Waals surface area contributed by atoms with Crippen LogP contribution in [0.5, 0.6) is 11.5 Å². The maximum atomic E-state index is 12.5. The second-order valence-corrected chi connectivity index (χ2v) is 10.4. The molecule has 7 heteroatoms. The summed E-state index contributed by atoms with van der Waals surface area (Å²) >= 11 is 1.24. The molecule has 4 aromatic rings. The minimum absolute atomic E-state index is 0.139. The first-order valence-electron chi connectivity index (χ1n) is 13.0. The number of alkyl halides is 1. The third kappa shape index (κ3) is 5.11. The lowest BCUT2D eigenvalue weighted by Crippen LogP contribution is -2.26. The summed E-state index contributed by atoms with van der Waals surface area (Å²) in [6, 6.07) is 20.5. The molecule has 1 fully saturated rings. The van der Waals surface area contributed by atoms with E-state index in [1.54, 1.807) is 6.07 Å². The van der Waals surface area contributed by atoms with Crippen LogP contribution in [0.3, 0.4) is 0 Å². The van der Waals surface area contributed by atoms with E-state index in [4.69, 9.17) is 4.74 Å². The number of aromatic nitrogens is 2. The maximum Gasteiger partial charge on any atom is 0.119 e. The second-order valence-electron chi connectivity index (χ2n) is 9.91. The third-order valence-corrected chi connectivity index (χ3v) is 7.97. The fraction of sp³-hybridized carbons (Fsp3) is 0.333. The van der Waals surface area contributed by atoms with Gasteiger partial charge < -0.3 is 9.84 Å². The van der Waals surface area contributed by atoms with E-state index < -0.39 is 0 Å². The van der Waals surface area contributed by atoms with Crippen molar-refractivity contribution in [3.05, 3.63) is 82.9 Å². The summed E-state index contributed by atoms with van der Waals surface area (Å²) in [5.74, 6) is 1.16. The molecule has 190 valence electrons. The van der Waals surface area contributed by atoms with Crippen LogP contribution in [-0.4, -0.2) is 51.2 Å². The Labute approximate surface area is 220 Å². The molecule has 0 radical (unpaired) electrons. The maximum absolute atomic E-state index is 12.5. The molecule has 2 heterocycles. The minimum atomic E-state index is -0.265. The smallest absolute Gasteiger partial charge is 0.119 e. The molecule has 1 saturated heterocycles. The highest BCUT2D eigenvalue weighted by Crippen LogP contribution is 2.41. The van der Waals surface area contributed by atoms with Crippen molar-refractivity contribution in [2.24, 2.45) is 0 Å². The van der Waals surface area contributed by atoms with Crippen molar-refractivity contribution in [3.63, 3.8) is 0 Å². The van der Waals surface area contributed by atoms with Crippen LogP contribution in [0.4, 0.5) is 4.39 Å². The van der Waals surface area contributed by atoms with Gasteiger partial charge in [0.2, 0.25) is 0 Å². The summed E-state index contributed by atoms with van der Waals surface area (Å²) < 4.78 is 27.7. The van der Waals surface area contributed by atoms with Crippen molar-refractivity contribution < 1.29 is 14.2 Å². The van der Waals surface area contributed by atoms with Crippen molar-refractivity contribution in [2.75, 3.05) is 26.3 Å². The van der Waals surface area contributed by atoms with Crippen molar-refractivity contribution in [1.82, 2.24) is 13.6 Å². The largest absolute Gasteiger partial charge is 0.508 e. The molecule has 37 heavy (non-hydrogen) atoms. The van der Waals surface area contributed by atoms with Crippen LogP contribution in [-0.2, 0) is 6.42 Å². The Hall–Kier alpha value is -3.29. The Morgan fingerprint density at radius 2 is 1.81 bits per heavy atom. The quantitative estimate of drug-likeness (QED) is 0.304. The lowest BCUT2D eigenvalue weighted by molar-refractivity contribution is 0.198. The molecule has 6 rings (SSSR count). The molecule has 1 atom stereocenters. The Bertz CT molecular complexity index is 1430. The van der Waals surface area contributed by atoms with Gasteiger partial charge in [0.25, 0.3) is 0 Å². The van der Waals surface area contributed by atoms with Crippen molar-refractivity contribution in [1.29, 1.82) is 0 Å². The number of rotatable bonds is 7. The number of nitrogens with zero attached hydrogens (tertiary/aromatic N) is 3. The average molecular weight is 516 g/mol. The summed E-state index contributed by atoms with van der Waals surface area (Å²) in [5.41, 5.74) is 8.94. The molecule has 2 aliphatic rings. The SMILES string of the molecule is Oc1ccc2c(c1)CCCC(c1ccc3nsnc3c1)=C2c1ccc(O[C@H]2CCN(CCCF)C2)cc1. The van der Waals surface area contributed by atoms with E-state index in [1.807, 2.05) is 12.1 Å². The van der Waals surface area contributed by atoms with E-state index in [9.17, 15) is 9.50 Å². The van der Waals surface area contributed by atoms with Crippen LogP contribution in [0.1, 0.15) is 47.9 Å². The monoisotopic (exact) mass is 515 g/mol. The van der Waals surface area contributed by atoms with Crippen LogP contribution in [0.2, 0.25) is 0 Å². The van der Waals surface area contributed by atoms with Gasteiger partial charge in [-0.15, -0.1) is 0 Å². The highest BCUT2D eigenvalue weighted by molar-refractivity contribution is 7.00. The zero-order valence-electron chi connectivity index (χ0n) is 20.7. The van der Waals surface area contributed by atoms with Gasteiger partial charge in [-0.05, 0) is 102 Å². The number of allylic oxidation sites excluding steroid dienone is 1. The molecule has 0 saturated carbocycles. The lowest BCUT2D eigenvalue weighted by Gasteiger charge is -2.18. The van der Waals surface area contributed by atoms with E-state index >= 15 is 0 Å². The Morgan fingerprint density at radius 1 is 0.973 bits per heavy atom. The molecule has 1 aromatic heterocycles. The van der Waals surface area contributed by atoms with Gasteiger partial charge >= 0.3 is 0 Å². The molecule has 5 nitrogen and oxygen atoms in total. The minimum Gasteiger partial charge on any atom is -0.508 e. The van der Waals surface area contributed by atoms with Gasteiger partial charge in [0.15, 0.2) is 0 Å². The van der Waals surface area contributed by atoms with Gasteiger partial charge in [-0.25, -0.2) is 0 Å². The van der Waals surface area contributed by atoms with Crippen molar-refractivity contribution in [2.45, 2.75) is 38.2 Å². The summed E-state index contributed by atoms with van der Waals surface area (Å²) in [6.07, 6.45) is 4.55. The molecule has 0 spiro atoms. The number of fused-ring (bicyclic) bond motifs is 2. The molecule has 0 amide bonds. The molecular formula is C30H30FN3O2S. The highest BCUT2D eigenvalue weighted by Gasteiger charge is 2.24. The van der Waals surface area contributed by atoms with Crippen molar-refractivity contribution >= 4 is 33.9 Å². The summed E-state index contributed by atoms with van der Waals surface area (Å²) in [5, 5.41) is 10.2. The van der Waals surface area contributed by atoms with E-state index in [2.05, 4.69) is 56.1 Å². The van der Waals surface area contributed by atoms with Crippen LogP contribution in [0, 0.1) is 0 Å². The number of ether oxygens (including phenoxy) is 1. The molecule has 1 aliphatic carbocycles. The number of hydrogen-bond acceptors (Lipinski definition) is 6.